The van der Waals surface area contributed by atoms with Gasteiger partial charge in [-0.05, 0) is 18.2 Å². The van der Waals surface area contributed by atoms with Crippen molar-refractivity contribution in [1.82, 2.24) is 4.98 Å². The summed E-state index contributed by atoms with van der Waals surface area (Å²) in [5.41, 5.74) is -0.200. The molecule has 0 saturated heterocycles. The number of nitrogens with zero attached hydrogens (tertiary/aromatic N) is 2. The van der Waals surface area contributed by atoms with Gasteiger partial charge in [0.15, 0.2) is 6.23 Å². The Kier molecular flexibility index (Phi) is 2.94. The van der Waals surface area contributed by atoms with Crippen LogP contribution in [0.25, 0.3) is 0 Å². The lowest BCUT2D eigenvalue weighted by molar-refractivity contribution is -0.141. The van der Waals surface area contributed by atoms with E-state index in [0.29, 0.717) is 11.1 Å². The van der Waals surface area contributed by atoms with E-state index >= 15 is 0 Å². The molecule has 1 unspecified atom stereocenters. The molecule has 0 saturated carbocycles. The van der Waals surface area contributed by atoms with Gasteiger partial charge in [0.1, 0.15) is 5.69 Å². The standard InChI is InChI=1S/C14H9F3N2O2/c15-14(16,17)11-6-5-8(7-18-11)19-12(20)9-3-1-2-4-10(9)13(19)21/h1-7,12,20H. The van der Waals surface area contributed by atoms with Gasteiger partial charge in [-0.3, -0.25) is 9.69 Å². The van der Waals surface area contributed by atoms with Gasteiger partial charge in [-0.25, -0.2) is 4.98 Å². The fraction of sp³-hybridized carbons (Fsp3) is 0.143. The van der Waals surface area contributed by atoms with Gasteiger partial charge in [-0.2, -0.15) is 13.2 Å². The lowest BCUT2D eigenvalue weighted by atomic mass is 10.1. The van der Waals surface area contributed by atoms with Crippen LogP contribution in [0, 0.1) is 0 Å². The number of aliphatic hydroxyl groups excluding tert-OH is 1. The average Bonchev–Trinajstić information content (AvgIpc) is 2.71. The molecule has 1 aliphatic rings. The maximum atomic E-state index is 12.5. The predicted molar refractivity (Wildman–Crippen MR) is 67.5 cm³/mol. The van der Waals surface area contributed by atoms with Crippen molar-refractivity contribution in [2.45, 2.75) is 12.4 Å². The van der Waals surface area contributed by atoms with Crippen LogP contribution in [0.5, 0.6) is 0 Å². The highest BCUT2D eigenvalue weighted by molar-refractivity contribution is 6.10. The monoisotopic (exact) mass is 294 g/mol. The van der Waals surface area contributed by atoms with Crippen molar-refractivity contribution in [2.75, 3.05) is 4.90 Å². The molecule has 1 amide bonds. The molecule has 4 nitrogen and oxygen atoms in total. The maximum absolute atomic E-state index is 12.5. The van der Waals surface area contributed by atoms with Gasteiger partial charge >= 0.3 is 6.18 Å². The van der Waals surface area contributed by atoms with Crippen molar-refractivity contribution in [2.24, 2.45) is 0 Å². The molecule has 0 spiro atoms. The van der Waals surface area contributed by atoms with Gasteiger partial charge in [0.2, 0.25) is 0 Å². The number of halogens is 3. The number of fused-ring (bicyclic) bond motifs is 1. The number of hydrogen-bond donors (Lipinski definition) is 1. The highest BCUT2D eigenvalue weighted by Crippen LogP contribution is 2.36. The number of benzene rings is 1. The Hall–Kier alpha value is -2.41. The second-order valence-electron chi connectivity index (χ2n) is 4.54. The van der Waals surface area contributed by atoms with E-state index in [1.807, 2.05) is 0 Å². The van der Waals surface area contributed by atoms with Crippen LogP contribution in [0.3, 0.4) is 0 Å². The Labute approximate surface area is 117 Å². The van der Waals surface area contributed by atoms with Gasteiger partial charge in [0.05, 0.1) is 11.9 Å². The molecule has 0 bridgehead atoms. The Morgan fingerprint density at radius 3 is 2.43 bits per heavy atom. The van der Waals surface area contributed by atoms with Crippen LogP contribution >= 0.6 is 0 Å². The van der Waals surface area contributed by atoms with Gasteiger partial charge in [-0.15, -0.1) is 0 Å². The zero-order valence-electron chi connectivity index (χ0n) is 10.5. The quantitative estimate of drug-likeness (QED) is 0.880. The fourth-order valence-electron chi connectivity index (χ4n) is 2.25. The number of alkyl halides is 3. The Balaban J connectivity index is 1.98. The van der Waals surface area contributed by atoms with E-state index < -0.39 is 24.0 Å². The number of amides is 1. The first-order chi connectivity index (χ1) is 9.89. The molecule has 1 aliphatic heterocycles. The first kappa shape index (κ1) is 13.6. The maximum Gasteiger partial charge on any atom is 0.433 e. The van der Waals surface area contributed by atoms with Gasteiger partial charge in [0, 0.05) is 11.1 Å². The minimum Gasteiger partial charge on any atom is -0.369 e. The van der Waals surface area contributed by atoms with Crippen molar-refractivity contribution < 1.29 is 23.1 Å². The SMILES string of the molecule is O=C1c2ccccc2C(O)N1c1ccc(C(F)(F)F)nc1. The van der Waals surface area contributed by atoms with Crippen LogP contribution in [0.2, 0.25) is 0 Å². The molecule has 0 fully saturated rings. The van der Waals surface area contributed by atoms with Crippen molar-refractivity contribution in [3.05, 3.63) is 59.4 Å². The van der Waals surface area contributed by atoms with Crippen molar-refractivity contribution in [3.8, 4) is 0 Å². The molecule has 2 aromatic rings. The molecule has 7 heteroatoms. The third kappa shape index (κ3) is 2.15. The smallest absolute Gasteiger partial charge is 0.369 e. The average molecular weight is 294 g/mol. The molecule has 1 atom stereocenters. The summed E-state index contributed by atoms with van der Waals surface area (Å²) in [7, 11) is 0. The van der Waals surface area contributed by atoms with Crippen LogP contribution < -0.4 is 4.90 Å². The summed E-state index contributed by atoms with van der Waals surface area (Å²) < 4.78 is 37.4. The largest absolute Gasteiger partial charge is 0.433 e. The van der Waals surface area contributed by atoms with E-state index in [1.165, 1.54) is 0 Å². The molecule has 1 aromatic heterocycles. The minimum absolute atomic E-state index is 0.108. The first-order valence-electron chi connectivity index (χ1n) is 6.03. The summed E-state index contributed by atoms with van der Waals surface area (Å²) in [6.45, 7) is 0. The van der Waals surface area contributed by atoms with Crippen molar-refractivity contribution in [3.63, 3.8) is 0 Å². The number of carbonyl (C=O) groups excluding carboxylic acids is 1. The zero-order valence-corrected chi connectivity index (χ0v) is 10.5. The van der Waals surface area contributed by atoms with E-state index in [2.05, 4.69) is 4.98 Å². The number of hydrogen-bond acceptors (Lipinski definition) is 3. The molecule has 108 valence electrons. The van der Waals surface area contributed by atoms with Crippen LogP contribution in [0.15, 0.2) is 42.6 Å². The number of carbonyl (C=O) groups is 1. The van der Waals surface area contributed by atoms with E-state index in [9.17, 15) is 23.1 Å². The number of aromatic nitrogens is 1. The Bertz CT molecular complexity index is 698. The topological polar surface area (TPSA) is 53.4 Å². The second-order valence-corrected chi connectivity index (χ2v) is 4.54. The molecule has 0 radical (unpaired) electrons. The molecule has 21 heavy (non-hydrogen) atoms. The molecule has 1 aromatic carbocycles. The first-order valence-corrected chi connectivity index (χ1v) is 6.03. The Morgan fingerprint density at radius 2 is 1.86 bits per heavy atom. The zero-order chi connectivity index (χ0) is 15.2. The third-order valence-electron chi connectivity index (χ3n) is 3.25. The number of anilines is 1. The molecule has 2 heterocycles. The molecular formula is C14H9F3N2O2. The van der Waals surface area contributed by atoms with Crippen LogP contribution in [-0.4, -0.2) is 16.0 Å². The van der Waals surface area contributed by atoms with E-state index in [4.69, 9.17) is 0 Å². The summed E-state index contributed by atoms with van der Waals surface area (Å²) in [5, 5.41) is 10.1. The van der Waals surface area contributed by atoms with Gasteiger partial charge in [0.25, 0.3) is 5.91 Å². The van der Waals surface area contributed by atoms with E-state index in [-0.39, 0.29) is 5.69 Å². The highest BCUT2D eigenvalue weighted by Gasteiger charge is 2.37. The predicted octanol–water partition coefficient (Wildman–Crippen LogP) is 2.75. The summed E-state index contributed by atoms with van der Waals surface area (Å²) >= 11 is 0. The molecule has 3 rings (SSSR count). The lowest BCUT2D eigenvalue weighted by Gasteiger charge is -2.20. The van der Waals surface area contributed by atoms with Crippen molar-refractivity contribution >= 4 is 11.6 Å². The summed E-state index contributed by atoms with van der Waals surface area (Å²) in [4.78, 5) is 16.5. The minimum atomic E-state index is -4.55. The van der Waals surface area contributed by atoms with Gasteiger partial charge < -0.3 is 5.11 Å². The normalized spacial score (nSPS) is 18.0. The molecule has 1 N–H and O–H groups in total. The summed E-state index contributed by atoms with van der Waals surface area (Å²) in [5.74, 6) is -0.473. The fourth-order valence-corrected chi connectivity index (χ4v) is 2.25. The van der Waals surface area contributed by atoms with Crippen LogP contribution in [0.1, 0.15) is 27.8 Å². The molecular weight excluding hydrogens is 285 g/mol. The van der Waals surface area contributed by atoms with E-state index in [1.54, 1.807) is 24.3 Å². The van der Waals surface area contributed by atoms with Crippen LogP contribution in [0.4, 0.5) is 18.9 Å². The Morgan fingerprint density at radius 1 is 1.14 bits per heavy atom. The van der Waals surface area contributed by atoms with Crippen molar-refractivity contribution in [1.29, 1.82) is 0 Å². The highest BCUT2D eigenvalue weighted by atomic mass is 19.4. The number of aliphatic hydroxyl groups is 1. The lowest BCUT2D eigenvalue weighted by Crippen LogP contribution is -2.27. The number of pyridine rings is 1. The summed E-state index contributed by atoms with van der Waals surface area (Å²) in [6.07, 6.45) is -4.85. The van der Waals surface area contributed by atoms with Crippen LogP contribution in [-0.2, 0) is 6.18 Å². The summed E-state index contributed by atoms with van der Waals surface area (Å²) in [6, 6.07) is 8.36. The second kappa shape index (κ2) is 4.56. The third-order valence-corrected chi connectivity index (χ3v) is 3.25. The molecule has 0 aliphatic carbocycles. The number of rotatable bonds is 1. The van der Waals surface area contributed by atoms with E-state index in [0.717, 1.165) is 23.2 Å². The van der Waals surface area contributed by atoms with Gasteiger partial charge in [-0.1, -0.05) is 18.2 Å².